The number of fused-ring (bicyclic) bond motifs is 1. The molecule has 1 amide bonds. The van der Waals surface area contributed by atoms with Gasteiger partial charge < -0.3 is 10.2 Å². The zero-order chi connectivity index (χ0) is 21.1. The molecule has 0 bridgehead atoms. The Morgan fingerprint density at radius 1 is 1.20 bits per heavy atom. The molecule has 1 aliphatic heterocycles. The number of anilines is 1. The lowest BCUT2D eigenvalue weighted by molar-refractivity contribution is 0.0951. The number of carbonyl (C=O) groups excluding carboxylic acids is 1. The van der Waals surface area contributed by atoms with Crippen molar-refractivity contribution in [1.29, 1.82) is 0 Å². The Hall–Kier alpha value is -2.75. The van der Waals surface area contributed by atoms with Gasteiger partial charge in [0.25, 0.3) is 5.91 Å². The summed E-state index contributed by atoms with van der Waals surface area (Å²) >= 11 is 1.58. The standard InChI is InChI=1S/C20H22F2N6OS/c1-2-30-20-25-17(27-8-3-4-9-27)14-12-24-28(18(14)26-20)10-7-23-19(29)13-5-6-15(21)16(22)11-13/h5-6,11-12H,2-4,7-10H2,1H3,(H,23,29). The summed E-state index contributed by atoms with van der Waals surface area (Å²) in [5.74, 6) is -0.731. The maximum atomic E-state index is 13.3. The molecular weight excluding hydrogens is 410 g/mol. The minimum atomic E-state index is -1.05. The summed E-state index contributed by atoms with van der Waals surface area (Å²) in [6.45, 7) is 4.66. The van der Waals surface area contributed by atoms with E-state index < -0.39 is 17.5 Å². The van der Waals surface area contributed by atoms with Gasteiger partial charge in [-0.15, -0.1) is 0 Å². The lowest BCUT2D eigenvalue weighted by Crippen LogP contribution is -2.27. The quantitative estimate of drug-likeness (QED) is 0.456. The fraction of sp³-hybridized carbons (Fsp3) is 0.400. The maximum Gasteiger partial charge on any atom is 0.251 e. The number of hydrogen-bond donors (Lipinski definition) is 1. The van der Waals surface area contributed by atoms with Gasteiger partial charge in [-0.2, -0.15) is 5.10 Å². The van der Waals surface area contributed by atoms with Crippen LogP contribution in [0.2, 0.25) is 0 Å². The van der Waals surface area contributed by atoms with Crippen LogP contribution >= 0.6 is 11.8 Å². The number of benzene rings is 1. The van der Waals surface area contributed by atoms with E-state index in [1.54, 1.807) is 22.6 Å². The first kappa shape index (κ1) is 20.5. The highest BCUT2D eigenvalue weighted by molar-refractivity contribution is 7.99. The first-order chi connectivity index (χ1) is 14.6. The molecule has 4 rings (SSSR count). The van der Waals surface area contributed by atoms with Gasteiger partial charge in [-0.05, 0) is 36.8 Å². The van der Waals surface area contributed by atoms with Gasteiger partial charge in [0.15, 0.2) is 22.4 Å². The van der Waals surface area contributed by atoms with E-state index in [-0.39, 0.29) is 12.1 Å². The van der Waals surface area contributed by atoms with Crippen LogP contribution < -0.4 is 10.2 Å². The average molecular weight is 433 g/mol. The van der Waals surface area contributed by atoms with Crippen molar-refractivity contribution in [1.82, 2.24) is 25.1 Å². The summed E-state index contributed by atoms with van der Waals surface area (Å²) in [5, 5.41) is 8.75. The fourth-order valence-electron chi connectivity index (χ4n) is 3.46. The van der Waals surface area contributed by atoms with Crippen molar-refractivity contribution < 1.29 is 13.6 Å². The second-order valence-electron chi connectivity index (χ2n) is 6.95. The first-order valence-corrected chi connectivity index (χ1v) is 10.9. The van der Waals surface area contributed by atoms with Crippen molar-refractivity contribution in [2.45, 2.75) is 31.5 Å². The summed E-state index contributed by atoms with van der Waals surface area (Å²) in [6, 6.07) is 3.08. The topological polar surface area (TPSA) is 75.9 Å². The Kier molecular flexibility index (Phi) is 6.12. The minimum Gasteiger partial charge on any atom is -0.356 e. The van der Waals surface area contributed by atoms with Gasteiger partial charge >= 0.3 is 0 Å². The number of halogens is 2. The molecule has 0 saturated carbocycles. The Balaban J connectivity index is 1.51. The molecule has 3 aromatic rings. The van der Waals surface area contributed by atoms with Gasteiger partial charge in [-0.1, -0.05) is 18.7 Å². The third-order valence-electron chi connectivity index (χ3n) is 4.93. The highest BCUT2D eigenvalue weighted by Gasteiger charge is 2.20. The Labute approximate surface area is 176 Å². The van der Waals surface area contributed by atoms with Crippen LogP contribution in [0.4, 0.5) is 14.6 Å². The van der Waals surface area contributed by atoms with Gasteiger partial charge in [-0.3, -0.25) is 4.79 Å². The Morgan fingerprint density at radius 3 is 2.73 bits per heavy atom. The fourth-order valence-corrected chi connectivity index (χ4v) is 4.02. The number of carbonyl (C=O) groups is 1. The van der Waals surface area contributed by atoms with Crippen LogP contribution in [0, 0.1) is 11.6 Å². The number of nitrogens with one attached hydrogen (secondary N) is 1. The number of aromatic nitrogens is 4. The highest BCUT2D eigenvalue weighted by Crippen LogP contribution is 2.29. The molecule has 1 N–H and O–H groups in total. The number of hydrogen-bond acceptors (Lipinski definition) is 6. The predicted molar refractivity (Wildman–Crippen MR) is 112 cm³/mol. The molecule has 0 atom stereocenters. The van der Waals surface area contributed by atoms with Gasteiger partial charge in [-0.25, -0.2) is 23.4 Å². The van der Waals surface area contributed by atoms with Crippen LogP contribution in [0.1, 0.15) is 30.1 Å². The number of rotatable bonds is 7. The number of nitrogens with zero attached hydrogens (tertiary/aromatic N) is 5. The summed E-state index contributed by atoms with van der Waals surface area (Å²) in [7, 11) is 0. The maximum absolute atomic E-state index is 13.3. The number of amides is 1. The molecule has 10 heteroatoms. The van der Waals surface area contributed by atoms with Gasteiger partial charge in [0, 0.05) is 25.2 Å². The summed E-state index contributed by atoms with van der Waals surface area (Å²) in [6.07, 6.45) is 4.05. The number of thioether (sulfide) groups is 1. The third-order valence-corrected chi connectivity index (χ3v) is 5.66. The minimum absolute atomic E-state index is 0.0690. The zero-order valence-electron chi connectivity index (χ0n) is 16.6. The van der Waals surface area contributed by atoms with E-state index in [2.05, 4.69) is 27.2 Å². The zero-order valence-corrected chi connectivity index (χ0v) is 17.4. The van der Waals surface area contributed by atoms with Gasteiger partial charge in [0.1, 0.15) is 5.82 Å². The van der Waals surface area contributed by atoms with E-state index in [0.29, 0.717) is 11.7 Å². The molecule has 1 fully saturated rings. The second kappa shape index (κ2) is 8.95. The first-order valence-electron chi connectivity index (χ1n) is 9.91. The molecule has 1 aliphatic rings. The van der Waals surface area contributed by atoms with Crippen molar-refractivity contribution in [2.24, 2.45) is 0 Å². The lowest BCUT2D eigenvalue weighted by atomic mass is 10.2. The lowest BCUT2D eigenvalue weighted by Gasteiger charge is -2.17. The monoisotopic (exact) mass is 432 g/mol. The van der Waals surface area contributed by atoms with E-state index in [1.807, 2.05) is 0 Å². The van der Waals surface area contributed by atoms with Crippen LogP contribution in [0.3, 0.4) is 0 Å². The smallest absolute Gasteiger partial charge is 0.251 e. The molecule has 0 unspecified atom stereocenters. The largest absolute Gasteiger partial charge is 0.356 e. The van der Waals surface area contributed by atoms with E-state index in [0.717, 1.165) is 60.7 Å². The second-order valence-corrected chi connectivity index (χ2v) is 8.18. The molecule has 1 aromatic carbocycles. The highest BCUT2D eigenvalue weighted by atomic mass is 32.2. The molecule has 7 nitrogen and oxygen atoms in total. The van der Waals surface area contributed by atoms with E-state index >= 15 is 0 Å². The Morgan fingerprint density at radius 2 is 2.00 bits per heavy atom. The molecule has 2 aromatic heterocycles. The van der Waals surface area contributed by atoms with Gasteiger partial charge in [0.05, 0.1) is 18.1 Å². The van der Waals surface area contributed by atoms with Gasteiger partial charge in [0.2, 0.25) is 0 Å². The molecule has 1 saturated heterocycles. The summed E-state index contributed by atoms with van der Waals surface area (Å²) in [4.78, 5) is 23.9. The normalized spacial score (nSPS) is 13.9. The molecular formula is C20H22F2N6OS. The van der Waals surface area contributed by atoms with Crippen molar-refractivity contribution in [3.05, 3.63) is 41.6 Å². The van der Waals surface area contributed by atoms with Crippen LogP contribution in [0.25, 0.3) is 11.0 Å². The van der Waals surface area contributed by atoms with E-state index in [4.69, 9.17) is 4.98 Å². The molecule has 0 radical (unpaired) electrons. The van der Waals surface area contributed by atoms with Crippen LogP contribution in [-0.2, 0) is 6.54 Å². The SMILES string of the molecule is CCSc1nc(N2CCCC2)c2cnn(CCNC(=O)c3ccc(F)c(F)c3)c2n1. The third kappa shape index (κ3) is 4.23. The van der Waals surface area contributed by atoms with E-state index in [1.165, 1.54) is 6.07 Å². The molecule has 158 valence electrons. The van der Waals surface area contributed by atoms with Crippen LogP contribution in [0.15, 0.2) is 29.6 Å². The predicted octanol–water partition coefficient (Wildman–Crippen LogP) is 3.25. The van der Waals surface area contributed by atoms with Crippen molar-refractivity contribution in [3.8, 4) is 0 Å². The molecule has 0 aliphatic carbocycles. The molecule has 30 heavy (non-hydrogen) atoms. The van der Waals surface area contributed by atoms with Crippen molar-refractivity contribution in [2.75, 3.05) is 30.3 Å². The van der Waals surface area contributed by atoms with Crippen molar-refractivity contribution >= 4 is 34.5 Å². The van der Waals surface area contributed by atoms with Crippen LogP contribution in [-0.4, -0.2) is 51.0 Å². The molecule has 0 spiro atoms. The van der Waals surface area contributed by atoms with Crippen molar-refractivity contribution in [3.63, 3.8) is 0 Å². The van der Waals surface area contributed by atoms with E-state index in [9.17, 15) is 13.6 Å². The average Bonchev–Trinajstić information content (AvgIpc) is 3.40. The van der Waals surface area contributed by atoms with Crippen LogP contribution in [0.5, 0.6) is 0 Å². The summed E-state index contributed by atoms with van der Waals surface area (Å²) in [5.41, 5.74) is 0.796. The molecule has 3 heterocycles. The Bertz CT molecular complexity index is 1070. The summed E-state index contributed by atoms with van der Waals surface area (Å²) < 4.78 is 28.1.